The lowest BCUT2D eigenvalue weighted by Gasteiger charge is -2.25. The van der Waals surface area contributed by atoms with Gasteiger partial charge in [0, 0.05) is 12.3 Å². The normalized spacial score (nSPS) is 29.5. The van der Waals surface area contributed by atoms with Crippen molar-refractivity contribution in [3.05, 3.63) is 12.3 Å². The Balaban J connectivity index is 2.30. The molecule has 1 saturated heterocycles. The Bertz CT molecular complexity index is 108. The summed E-state index contributed by atoms with van der Waals surface area (Å²) < 4.78 is 5.62. The zero-order chi connectivity index (χ0) is 7.40. The predicted molar refractivity (Wildman–Crippen MR) is 46.8 cm³/mol. The highest BCUT2D eigenvalue weighted by molar-refractivity contribution is 6.64. The zero-order valence-electron chi connectivity index (χ0n) is 6.68. The molecule has 0 aromatic carbocycles. The topological polar surface area (TPSA) is 9.23 Å². The number of hydrogen-bond donors (Lipinski definition) is 0. The van der Waals surface area contributed by atoms with E-state index < -0.39 is 8.80 Å². The molecule has 0 saturated carbocycles. The number of rotatable bonds is 2. The Morgan fingerprint density at radius 3 is 2.90 bits per heavy atom. The largest absolute Gasteiger partial charge is 0.382 e. The van der Waals surface area contributed by atoms with E-state index in [1.54, 1.807) is 0 Å². The van der Waals surface area contributed by atoms with Crippen LogP contribution in [0, 0.1) is 0 Å². The van der Waals surface area contributed by atoms with Crippen molar-refractivity contribution in [3.63, 3.8) is 0 Å². The number of hydrogen-bond acceptors (Lipinski definition) is 1. The highest BCUT2D eigenvalue weighted by atomic mass is 28.3. The molecule has 1 aliphatic heterocycles. The third kappa shape index (κ3) is 1.96. The standard InChI is InChI=1S/C8H16OSi/c1-3-10(2)8-6-4-5-7-9-8/h3,8,10H,1,4-7H2,2H3. The van der Waals surface area contributed by atoms with Crippen molar-refractivity contribution in [2.75, 3.05) is 6.61 Å². The van der Waals surface area contributed by atoms with Crippen molar-refractivity contribution in [1.82, 2.24) is 0 Å². The Morgan fingerprint density at radius 2 is 2.40 bits per heavy atom. The molecule has 2 atom stereocenters. The third-order valence-electron chi connectivity index (χ3n) is 2.17. The van der Waals surface area contributed by atoms with Crippen LogP contribution in [0.5, 0.6) is 0 Å². The van der Waals surface area contributed by atoms with Crippen molar-refractivity contribution in [2.45, 2.75) is 31.5 Å². The van der Waals surface area contributed by atoms with E-state index in [2.05, 4.69) is 18.8 Å². The summed E-state index contributed by atoms with van der Waals surface area (Å²) in [6.07, 6.45) is 3.89. The van der Waals surface area contributed by atoms with Gasteiger partial charge in [0.15, 0.2) is 0 Å². The van der Waals surface area contributed by atoms with E-state index in [4.69, 9.17) is 4.74 Å². The second-order valence-electron chi connectivity index (χ2n) is 3.00. The first kappa shape index (κ1) is 8.02. The van der Waals surface area contributed by atoms with Gasteiger partial charge in [-0.15, -0.1) is 12.3 Å². The molecule has 58 valence electrons. The van der Waals surface area contributed by atoms with Gasteiger partial charge in [0.1, 0.15) is 0 Å². The molecule has 1 fully saturated rings. The van der Waals surface area contributed by atoms with Gasteiger partial charge in [0.2, 0.25) is 0 Å². The van der Waals surface area contributed by atoms with Gasteiger partial charge < -0.3 is 4.74 Å². The van der Waals surface area contributed by atoms with E-state index in [0.717, 1.165) is 6.61 Å². The van der Waals surface area contributed by atoms with Gasteiger partial charge in [-0.2, -0.15) is 0 Å². The molecule has 2 heteroatoms. The molecule has 0 aromatic heterocycles. The molecule has 2 unspecified atom stereocenters. The molecule has 1 heterocycles. The summed E-state index contributed by atoms with van der Waals surface area (Å²) in [5.74, 6) is 0. The van der Waals surface area contributed by atoms with Gasteiger partial charge >= 0.3 is 0 Å². The van der Waals surface area contributed by atoms with Crippen molar-refractivity contribution in [1.29, 1.82) is 0 Å². The molecule has 1 rings (SSSR count). The maximum atomic E-state index is 5.62. The first-order valence-corrected chi connectivity index (χ1v) is 6.57. The van der Waals surface area contributed by atoms with Crippen LogP contribution in [0.25, 0.3) is 0 Å². The Morgan fingerprint density at radius 1 is 1.60 bits per heavy atom. The summed E-state index contributed by atoms with van der Waals surface area (Å²) >= 11 is 0. The van der Waals surface area contributed by atoms with Gasteiger partial charge in [0.05, 0.1) is 8.80 Å². The Kier molecular flexibility index (Phi) is 3.16. The molecule has 0 radical (unpaired) electrons. The molecule has 0 bridgehead atoms. The molecule has 1 aliphatic rings. The molecule has 1 nitrogen and oxygen atoms in total. The summed E-state index contributed by atoms with van der Waals surface area (Å²) in [6, 6.07) is 0. The molecule has 0 amide bonds. The fraction of sp³-hybridized carbons (Fsp3) is 0.750. The second-order valence-corrected chi connectivity index (χ2v) is 5.93. The van der Waals surface area contributed by atoms with Crippen LogP contribution in [-0.4, -0.2) is 21.1 Å². The molecule has 0 spiro atoms. The van der Waals surface area contributed by atoms with Gasteiger partial charge in [-0.3, -0.25) is 0 Å². The summed E-state index contributed by atoms with van der Waals surface area (Å²) in [5.41, 5.74) is 2.71. The van der Waals surface area contributed by atoms with Crippen molar-refractivity contribution < 1.29 is 4.74 Å². The van der Waals surface area contributed by atoms with Crippen LogP contribution in [0.4, 0.5) is 0 Å². The maximum Gasteiger partial charge on any atom is 0.0912 e. The molecular formula is C8H16OSi. The monoisotopic (exact) mass is 156 g/mol. The highest BCUT2D eigenvalue weighted by Crippen LogP contribution is 2.15. The summed E-state index contributed by atoms with van der Waals surface area (Å²) in [4.78, 5) is 0. The zero-order valence-corrected chi connectivity index (χ0v) is 7.83. The van der Waals surface area contributed by atoms with Crippen molar-refractivity contribution in [2.24, 2.45) is 0 Å². The van der Waals surface area contributed by atoms with Crippen LogP contribution < -0.4 is 0 Å². The van der Waals surface area contributed by atoms with Crippen LogP contribution in [0.1, 0.15) is 19.3 Å². The molecule has 0 aliphatic carbocycles. The third-order valence-corrected chi connectivity index (χ3v) is 4.62. The van der Waals surface area contributed by atoms with Crippen molar-refractivity contribution in [3.8, 4) is 0 Å². The second kappa shape index (κ2) is 3.94. The predicted octanol–water partition coefficient (Wildman–Crippen LogP) is 1.68. The summed E-state index contributed by atoms with van der Waals surface area (Å²) in [6.45, 7) is 7.11. The first-order valence-electron chi connectivity index (χ1n) is 4.08. The SMILES string of the molecule is C=C[SiH](C)C1CCCCO1. The minimum absolute atomic E-state index is 0.589. The maximum absolute atomic E-state index is 5.62. The fourth-order valence-corrected chi connectivity index (χ4v) is 2.84. The van der Waals surface area contributed by atoms with E-state index in [0.29, 0.717) is 5.73 Å². The van der Waals surface area contributed by atoms with Gasteiger partial charge in [-0.25, -0.2) is 0 Å². The van der Waals surface area contributed by atoms with Gasteiger partial charge in [0.25, 0.3) is 0 Å². The summed E-state index contributed by atoms with van der Waals surface area (Å²) in [7, 11) is -0.721. The minimum atomic E-state index is -0.721. The van der Waals surface area contributed by atoms with Crippen LogP contribution in [0.15, 0.2) is 12.3 Å². The van der Waals surface area contributed by atoms with E-state index in [-0.39, 0.29) is 0 Å². The van der Waals surface area contributed by atoms with E-state index in [1.807, 2.05) is 0 Å². The number of ether oxygens (including phenoxy) is 1. The van der Waals surface area contributed by atoms with Gasteiger partial charge in [-0.1, -0.05) is 6.55 Å². The Labute approximate surface area is 64.7 Å². The lowest BCUT2D eigenvalue weighted by Crippen LogP contribution is -2.32. The molecule has 10 heavy (non-hydrogen) atoms. The van der Waals surface area contributed by atoms with Crippen LogP contribution in [0.2, 0.25) is 6.55 Å². The average molecular weight is 156 g/mol. The molecule has 0 N–H and O–H groups in total. The fourth-order valence-electron chi connectivity index (χ4n) is 1.33. The van der Waals surface area contributed by atoms with Crippen molar-refractivity contribution >= 4 is 8.80 Å². The van der Waals surface area contributed by atoms with E-state index in [9.17, 15) is 0 Å². The molecular weight excluding hydrogens is 140 g/mol. The highest BCUT2D eigenvalue weighted by Gasteiger charge is 2.18. The minimum Gasteiger partial charge on any atom is -0.382 e. The lowest BCUT2D eigenvalue weighted by molar-refractivity contribution is 0.0637. The quantitative estimate of drug-likeness (QED) is 0.553. The van der Waals surface area contributed by atoms with Crippen LogP contribution >= 0.6 is 0 Å². The lowest BCUT2D eigenvalue weighted by atomic mass is 10.2. The summed E-state index contributed by atoms with van der Waals surface area (Å²) in [5, 5.41) is 0. The van der Waals surface area contributed by atoms with E-state index >= 15 is 0 Å². The van der Waals surface area contributed by atoms with Crippen LogP contribution in [-0.2, 0) is 4.74 Å². The Hall–Kier alpha value is -0.0831. The average Bonchev–Trinajstić information content (AvgIpc) is 2.05. The first-order chi connectivity index (χ1) is 4.84. The smallest absolute Gasteiger partial charge is 0.0912 e. The van der Waals surface area contributed by atoms with E-state index in [1.165, 1.54) is 19.3 Å². The van der Waals surface area contributed by atoms with Crippen LogP contribution in [0.3, 0.4) is 0 Å². The molecule has 0 aromatic rings. The van der Waals surface area contributed by atoms with Gasteiger partial charge in [-0.05, 0) is 19.3 Å².